The largest absolute Gasteiger partial charge is 0.243 e. The molecule has 0 unspecified atom stereocenters. The second-order valence-electron chi connectivity index (χ2n) is 2.74. The highest BCUT2D eigenvalue weighted by molar-refractivity contribution is 4.64. The molecule has 2 rings (SSSR count). The van der Waals surface area contributed by atoms with Crippen LogP contribution in [0.2, 0.25) is 0 Å². The number of nitrogens with zero attached hydrogens (tertiary/aromatic N) is 2. The zero-order valence-corrected chi connectivity index (χ0v) is 4.72. The van der Waals surface area contributed by atoms with Gasteiger partial charge in [0.05, 0.1) is 20.1 Å². The molecule has 0 saturated carbocycles. The molecule has 0 amide bonds. The first-order chi connectivity index (χ1) is 3.31. The summed E-state index contributed by atoms with van der Waals surface area (Å²) in [5.41, 5.74) is 0. The third-order valence-corrected chi connectivity index (χ3v) is 2.36. The van der Waals surface area contributed by atoms with Crippen molar-refractivity contribution in [1.29, 1.82) is 0 Å². The summed E-state index contributed by atoms with van der Waals surface area (Å²) in [6.07, 6.45) is 0. The lowest BCUT2D eigenvalue weighted by molar-refractivity contribution is -1.10. The minimum absolute atomic E-state index is 1.25. The van der Waals surface area contributed by atoms with Crippen LogP contribution in [0.1, 0.15) is 0 Å². The minimum atomic E-state index is 1.25. The van der Waals surface area contributed by atoms with Crippen LogP contribution in [0, 0.1) is 0 Å². The summed E-state index contributed by atoms with van der Waals surface area (Å²) in [5, 5.41) is 2.49. The van der Waals surface area contributed by atoms with Gasteiger partial charge in [-0.05, 0) is 0 Å². The lowest BCUT2D eigenvalue weighted by Gasteiger charge is -2.58. The summed E-state index contributed by atoms with van der Waals surface area (Å²) < 4.78 is 1.25. The normalized spacial score (nSPS) is 35.6. The Morgan fingerprint density at radius 3 is 1.71 bits per heavy atom. The van der Waals surface area contributed by atoms with Gasteiger partial charge in [0.1, 0.15) is 13.1 Å². The number of likely N-dealkylation sites (N-methyl/N-ethyl adjacent to an activating group) is 1. The van der Waals surface area contributed by atoms with Crippen molar-refractivity contribution in [1.82, 2.24) is 5.01 Å². The third kappa shape index (κ3) is 0.283. The van der Waals surface area contributed by atoms with Gasteiger partial charge in [0.25, 0.3) is 0 Å². The van der Waals surface area contributed by atoms with Crippen LogP contribution in [-0.4, -0.2) is 42.8 Å². The van der Waals surface area contributed by atoms with Crippen LogP contribution in [0.15, 0.2) is 0 Å². The van der Waals surface area contributed by atoms with Crippen LogP contribution < -0.4 is 0 Å². The highest BCUT2D eigenvalue weighted by Gasteiger charge is 2.48. The van der Waals surface area contributed by atoms with Gasteiger partial charge in [-0.2, -0.15) is 0 Å². The quantitative estimate of drug-likeness (QED) is 0.376. The number of hydrogen-bond acceptors (Lipinski definition) is 1. The topological polar surface area (TPSA) is 3.24 Å². The highest BCUT2D eigenvalue weighted by Crippen LogP contribution is 2.26. The first-order valence-corrected chi connectivity index (χ1v) is 2.91. The predicted molar refractivity (Wildman–Crippen MR) is 27.5 cm³/mol. The lowest BCUT2D eigenvalue weighted by Crippen LogP contribution is -2.79. The molecule has 2 heterocycles. The molecule has 0 aromatic carbocycles. The Morgan fingerprint density at radius 2 is 1.71 bits per heavy atom. The fourth-order valence-electron chi connectivity index (χ4n) is 1.39. The van der Waals surface area contributed by atoms with Crippen LogP contribution in [0.3, 0.4) is 0 Å². The van der Waals surface area contributed by atoms with Crippen LogP contribution in [0.25, 0.3) is 0 Å². The summed E-state index contributed by atoms with van der Waals surface area (Å²) in [6.45, 7) is 5.47. The van der Waals surface area contributed by atoms with Gasteiger partial charge in [-0.3, -0.25) is 0 Å². The molecule has 0 atom stereocenters. The van der Waals surface area contributed by atoms with E-state index in [9.17, 15) is 0 Å². The maximum atomic E-state index is 2.49. The van der Waals surface area contributed by atoms with Crippen molar-refractivity contribution in [2.75, 3.05) is 33.2 Å². The number of hydrogen-bond donors (Lipinski definition) is 0. The fraction of sp³-hybridized carbons (Fsp3) is 1.00. The molecule has 0 aliphatic carbocycles. The van der Waals surface area contributed by atoms with E-state index in [1.807, 2.05) is 0 Å². The molecule has 2 heteroatoms. The van der Waals surface area contributed by atoms with E-state index in [0.29, 0.717) is 0 Å². The van der Waals surface area contributed by atoms with Gasteiger partial charge >= 0.3 is 0 Å². The van der Waals surface area contributed by atoms with E-state index in [0.717, 1.165) is 0 Å². The summed E-state index contributed by atoms with van der Waals surface area (Å²) in [6, 6.07) is 0. The van der Waals surface area contributed by atoms with Gasteiger partial charge in [0.2, 0.25) is 0 Å². The molecule has 0 aromatic rings. The highest BCUT2D eigenvalue weighted by atomic mass is 15.9. The zero-order chi connectivity index (χ0) is 4.91. The van der Waals surface area contributed by atoms with Crippen molar-refractivity contribution < 1.29 is 4.59 Å². The first kappa shape index (κ1) is 3.87. The van der Waals surface area contributed by atoms with Crippen LogP contribution >= 0.6 is 0 Å². The van der Waals surface area contributed by atoms with Crippen LogP contribution in [-0.2, 0) is 0 Å². The summed E-state index contributed by atoms with van der Waals surface area (Å²) in [5.74, 6) is 0. The Balaban J connectivity index is 2.12. The molecule has 40 valence electrons. The molecule has 2 aliphatic heterocycles. The fourth-order valence-corrected chi connectivity index (χ4v) is 1.39. The number of piperazine rings is 1. The lowest BCUT2D eigenvalue weighted by atomic mass is 10.2. The monoisotopic (exact) mass is 99.1 g/mol. The van der Waals surface area contributed by atoms with E-state index in [1.54, 1.807) is 0 Å². The first-order valence-electron chi connectivity index (χ1n) is 2.91. The van der Waals surface area contributed by atoms with Gasteiger partial charge in [-0.15, -0.1) is 5.01 Å². The van der Waals surface area contributed by atoms with Gasteiger partial charge < -0.3 is 0 Å². The molecule has 2 nitrogen and oxygen atoms in total. The van der Waals surface area contributed by atoms with Crippen molar-refractivity contribution in [3.8, 4) is 0 Å². The van der Waals surface area contributed by atoms with Gasteiger partial charge in [0, 0.05) is 0 Å². The van der Waals surface area contributed by atoms with Crippen LogP contribution in [0.4, 0.5) is 0 Å². The summed E-state index contributed by atoms with van der Waals surface area (Å²) in [7, 11) is 2.30. The van der Waals surface area contributed by atoms with Gasteiger partial charge in [-0.1, -0.05) is 0 Å². The Hall–Kier alpha value is -0.0800. The molecule has 2 aliphatic rings. The van der Waals surface area contributed by atoms with E-state index in [1.165, 1.54) is 30.8 Å². The average Bonchev–Trinajstić information content (AvgIpc) is 1.67. The smallest absolute Gasteiger partial charge is 0.114 e. The Kier molecular flexibility index (Phi) is 0.474. The van der Waals surface area contributed by atoms with Gasteiger partial charge in [-0.25, -0.2) is 4.59 Å². The zero-order valence-electron chi connectivity index (χ0n) is 4.72. The average molecular weight is 99.2 g/mol. The molecule has 0 radical (unpaired) electrons. The maximum absolute atomic E-state index is 2.49. The van der Waals surface area contributed by atoms with Crippen molar-refractivity contribution in [3.63, 3.8) is 0 Å². The summed E-state index contributed by atoms with van der Waals surface area (Å²) in [4.78, 5) is 0. The molecule has 2 fully saturated rings. The maximum Gasteiger partial charge on any atom is 0.114 e. The third-order valence-electron chi connectivity index (χ3n) is 2.36. The molecule has 0 N–H and O–H groups in total. The van der Waals surface area contributed by atoms with E-state index in [4.69, 9.17) is 0 Å². The van der Waals surface area contributed by atoms with Crippen molar-refractivity contribution in [2.45, 2.75) is 0 Å². The Morgan fingerprint density at radius 1 is 1.29 bits per heavy atom. The molecule has 0 bridgehead atoms. The SMILES string of the molecule is C[N+]12CCN1CC2. The minimum Gasteiger partial charge on any atom is -0.243 e. The standard InChI is InChI=1S/C5H11N2/c1-7-4-2-6(7)3-5-7/h2-5H2,1H3/q+1. The molecule has 7 heavy (non-hydrogen) atoms. The van der Waals surface area contributed by atoms with E-state index < -0.39 is 0 Å². The van der Waals surface area contributed by atoms with Crippen LogP contribution in [0.5, 0.6) is 0 Å². The molecule has 0 spiro atoms. The second kappa shape index (κ2) is 0.858. The van der Waals surface area contributed by atoms with Gasteiger partial charge in [0.15, 0.2) is 0 Å². The van der Waals surface area contributed by atoms with E-state index in [2.05, 4.69) is 12.1 Å². The number of rotatable bonds is 0. The Bertz CT molecular complexity index is 92.3. The van der Waals surface area contributed by atoms with Crippen molar-refractivity contribution >= 4 is 0 Å². The Labute approximate surface area is 43.9 Å². The second-order valence-corrected chi connectivity index (χ2v) is 2.74. The number of quaternary nitrogens is 1. The van der Waals surface area contributed by atoms with Crippen molar-refractivity contribution in [3.05, 3.63) is 0 Å². The molecular formula is C5H11N2+. The van der Waals surface area contributed by atoms with E-state index >= 15 is 0 Å². The molecule has 0 aromatic heterocycles. The summed E-state index contributed by atoms with van der Waals surface area (Å²) >= 11 is 0. The predicted octanol–water partition coefficient (Wildman–Crippen LogP) is -0.323. The van der Waals surface area contributed by atoms with E-state index in [-0.39, 0.29) is 0 Å². The molecule has 2 saturated heterocycles. The van der Waals surface area contributed by atoms with Crippen molar-refractivity contribution in [2.24, 2.45) is 0 Å². The number of fused-ring (bicyclic) bond motifs is 1. The molecular weight excluding hydrogens is 88.1 g/mol.